The zero-order valence-corrected chi connectivity index (χ0v) is 10.2. The van der Waals surface area contributed by atoms with Crippen LogP contribution in [0.3, 0.4) is 0 Å². The van der Waals surface area contributed by atoms with Gasteiger partial charge in [-0.2, -0.15) is 0 Å². The average molecular weight is 204 g/mol. The molecule has 0 saturated carbocycles. The highest BCUT2D eigenvalue weighted by Crippen LogP contribution is 2.22. The van der Waals surface area contributed by atoms with Gasteiger partial charge >= 0.3 is 0 Å². The molecule has 1 rings (SSSR count). The highest BCUT2D eigenvalue weighted by atomic mass is 16.1. The lowest BCUT2D eigenvalue weighted by atomic mass is 9.92. The predicted molar refractivity (Wildman–Crippen MR) is 64.7 cm³/mol. The second-order valence-corrected chi connectivity index (χ2v) is 4.24. The highest BCUT2D eigenvalue weighted by Gasteiger charge is 2.09. The molecule has 0 aromatic heterocycles. The van der Waals surface area contributed by atoms with Crippen LogP contribution in [0.25, 0.3) is 0 Å². The molecule has 0 saturated heterocycles. The lowest BCUT2D eigenvalue weighted by molar-refractivity contribution is 0.112. The van der Waals surface area contributed by atoms with E-state index in [0.717, 1.165) is 23.8 Å². The maximum atomic E-state index is 11.0. The number of carbonyl (C=O) groups is 1. The van der Waals surface area contributed by atoms with Crippen LogP contribution in [-0.4, -0.2) is 6.29 Å². The van der Waals surface area contributed by atoms with Gasteiger partial charge < -0.3 is 0 Å². The number of aldehydes is 1. The Bertz CT molecular complexity index is 364. The lowest BCUT2D eigenvalue weighted by Gasteiger charge is -2.13. The fourth-order valence-electron chi connectivity index (χ4n) is 1.95. The molecule has 0 heterocycles. The molecule has 0 radical (unpaired) electrons. The minimum atomic E-state index is 0.890. The molecule has 0 atom stereocenters. The van der Waals surface area contributed by atoms with Gasteiger partial charge in [-0.15, -0.1) is 0 Å². The first-order valence-electron chi connectivity index (χ1n) is 5.66. The maximum absolute atomic E-state index is 11.0. The zero-order valence-electron chi connectivity index (χ0n) is 10.2. The van der Waals surface area contributed by atoms with Crippen molar-refractivity contribution < 1.29 is 4.79 Å². The largest absolute Gasteiger partial charge is 0.298 e. The second kappa shape index (κ2) is 5.11. The van der Waals surface area contributed by atoms with Crippen molar-refractivity contribution in [2.45, 2.75) is 47.0 Å². The number of hydrogen-bond acceptors (Lipinski definition) is 1. The molecule has 82 valence electrons. The Balaban J connectivity index is 3.18. The van der Waals surface area contributed by atoms with E-state index in [1.807, 2.05) is 6.92 Å². The van der Waals surface area contributed by atoms with Crippen molar-refractivity contribution in [3.63, 3.8) is 0 Å². The summed E-state index contributed by atoms with van der Waals surface area (Å²) >= 11 is 0. The Morgan fingerprint density at radius 2 is 1.87 bits per heavy atom. The SMILES string of the molecule is CCCCc1cc(C)c(C)c(C=O)c1C. The summed E-state index contributed by atoms with van der Waals surface area (Å²) < 4.78 is 0. The van der Waals surface area contributed by atoms with Crippen LogP contribution >= 0.6 is 0 Å². The van der Waals surface area contributed by atoms with Gasteiger partial charge in [0.25, 0.3) is 0 Å². The van der Waals surface area contributed by atoms with Crippen molar-refractivity contribution in [3.8, 4) is 0 Å². The molecule has 1 heteroatoms. The standard InChI is InChI=1S/C14H20O/c1-5-6-7-13-8-10(2)11(3)14(9-15)12(13)4/h8-9H,5-7H2,1-4H3. The maximum Gasteiger partial charge on any atom is 0.150 e. The van der Waals surface area contributed by atoms with Crippen molar-refractivity contribution >= 4 is 6.29 Å². The van der Waals surface area contributed by atoms with Gasteiger partial charge in [-0.3, -0.25) is 4.79 Å². The third-order valence-electron chi connectivity index (χ3n) is 3.19. The molecular weight excluding hydrogens is 184 g/mol. The molecule has 1 aromatic carbocycles. The van der Waals surface area contributed by atoms with Crippen LogP contribution in [0.1, 0.15) is 52.4 Å². The monoisotopic (exact) mass is 204 g/mol. The first kappa shape index (κ1) is 12.0. The summed E-state index contributed by atoms with van der Waals surface area (Å²) in [7, 11) is 0. The minimum absolute atomic E-state index is 0.890. The Morgan fingerprint density at radius 1 is 1.20 bits per heavy atom. The van der Waals surface area contributed by atoms with Crippen LogP contribution in [0, 0.1) is 20.8 Å². The third-order valence-corrected chi connectivity index (χ3v) is 3.19. The molecule has 1 aromatic rings. The quantitative estimate of drug-likeness (QED) is 0.682. The smallest absolute Gasteiger partial charge is 0.150 e. The zero-order chi connectivity index (χ0) is 11.4. The number of aryl methyl sites for hydroxylation is 2. The molecule has 0 unspecified atom stereocenters. The fraction of sp³-hybridized carbons (Fsp3) is 0.500. The van der Waals surface area contributed by atoms with Crippen LogP contribution in [0.2, 0.25) is 0 Å². The van der Waals surface area contributed by atoms with Crippen molar-refractivity contribution in [3.05, 3.63) is 33.9 Å². The molecule has 0 N–H and O–H groups in total. The van der Waals surface area contributed by atoms with Crippen molar-refractivity contribution in [2.24, 2.45) is 0 Å². The van der Waals surface area contributed by atoms with Gasteiger partial charge in [0.15, 0.2) is 6.29 Å². The lowest BCUT2D eigenvalue weighted by Crippen LogP contribution is -2.00. The first-order valence-corrected chi connectivity index (χ1v) is 5.66. The molecule has 0 spiro atoms. The van der Waals surface area contributed by atoms with Gasteiger partial charge in [-0.25, -0.2) is 0 Å². The molecule has 0 amide bonds. The van der Waals surface area contributed by atoms with Gasteiger partial charge in [-0.1, -0.05) is 19.4 Å². The topological polar surface area (TPSA) is 17.1 Å². The van der Waals surface area contributed by atoms with E-state index in [9.17, 15) is 4.79 Å². The number of carbonyl (C=O) groups excluding carboxylic acids is 1. The molecule has 0 fully saturated rings. The van der Waals surface area contributed by atoms with E-state index in [1.165, 1.54) is 29.5 Å². The van der Waals surface area contributed by atoms with Crippen LogP contribution in [0.15, 0.2) is 6.07 Å². The summed E-state index contributed by atoms with van der Waals surface area (Å²) in [4.78, 5) is 11.0. The van der Waals surface area contributed by atoms with Crippen molar-refractivity contribution in [1.82, 2.24) is 0 Å². The van der Waals surface area contributed by atoms with Crippen LogP contribution in [0.5, 0.6) is 0 Å². The molecule has 0 aliphatic carbocycles. The number of rotatable bonds is 4. The highest BCUT2D eigenvalue weighted by molar-refractivity contribution is 5.81. The molecule has 1 nitrogen and oxygen atoms in total. The van der Waals surface area contributed by atoms with Gasteiger partial charge in [0.2, 0.25) is 0 Å². The summed E-state index contributed by atoms with van der Waals surface area (Å²) in [6, 6.07) is 2.23. The number of unbranched alkanes of at least 4 members (excludes halogenated alkanes) is 1. The molecular formula is C14H20O. The number of hydrogen-bond donors (Lipinski definition) is 0. The summed E-state index contributed by atoms with van der Waals surface area (Å²) in [5, 5.41) is 0. The Labute approximate surface area is 92.5 Å². The summed E-state index contributed by atoms with van der Waals surface area (Å²) in [6.07, 6.45) is 4.47. The van der Waals surface area contributed by atoms with Crippen LogP contribution in [-0.2, 0) is 6.42 Å². The molecule has 0 aliphatic rings. The van der Waals surface area contributed by atoms with E-state index in [0.29, 0.717) is 0 Å². The van der Waals surface area contributed by atoms with Crippen molar-refractivity contribution in [1.29, 1.82) is 0 Å². The van der Waals surface area contributed by atoms with Gasteiger partial charge in [0.1, 0.15) is 0 Å². The predicted octanol–water partition coefficient (Wildman–Crippen LogP) is 3.77. The molecule has 0 aliphatic heterocycles. The van der Waals surface area contributed by atoms with Crippen LogP contribution in [0.4, 0.5) is 0 Å². The molecule has 15 heavy (non-hydrogen) atoms. The number of benzene rings is 1. The summed E-state index contributed by atoms with van der Waals surface area (Å²) in [6.45, 7) is 8.35. The first-order chi connectivity index (χ1) is 7.11. The summed E-state index contributed by atoms with van der Waals surface area (Å²) in [5.74, 6) is 0. The summed E-state index contributed by atoms with van der Waals surface area (Å²) in [5.41, 5.74) is 5.75. The van der Waals surface area contributed by atoms with E-state index < -0.39 is 0 Å². The van der Waals surface area contributed by atoms with E-state index >= 15 is 0 Å². The Kier molecular flexibility index (Phi) is 4.07. The van der Waals surface area contributed by atoms with Gasteiger partial charge in [-0.05, 0) is 55.9 Å². The third kappa shape index (κ3) is 2.47. The van der Waals surface area contributed by atoms with Crippen LogP contribution < -0.4 is 0 Å². The van der Waals surface area contributed by atoms with Gasteiger partial charge in [0, 0.05) is 5.56 Å². The fourth-order valence-corrected chi connectivity index (χ4v) is 1.95. The molecule has 0 bridgehead atoms. The van der Waals surface area contributed by atoms with Crippen molar-refractivity contribution in [2.75, 3.05) is 0 Å². The Morgan fingerprint density at radius 3 is 2.40 bits per heavy atom. The Hall–Kier alpha value is -1.11. The minimum Gasteiger partial charge on any atom is -0.298 e. The van der Waals surface area contributed by atoms with E-state index in [2.05, 4.69) is 26.8 Å². The van der Waals surface area contributed by atoms with E-state index in [1.54, 1.807) is 0 Å². The van der Waals surface area contributed by atoms with E-state index in [-0.39, 0.29) is 0 Å². The van der Waals surface area contributed by atoms with E-state index in [4.69, 9.17) is 0 Å². The average Bonchev–Trinajstić information content (AvgIpc) is 2.22. The van der Waals surface area contributed by atoms with Gasteiger partial charge in [0.05, 0.1) is 0 Å². The second-order valence-electron chi connectivity index (χ2n) is 4.24. The normalized spacial score (nSPS) is 10.4.